The van der Waals surface area contributed by atoms with E-state index in [0.29, 0.717) is 34.8 Å². The van der Waals surface area contributed by atoms with Crippen LogP contribution in [0, 0.1) is 18.6 Å². The van der Waals surface area contributed by atoms with Gasteiger partial charge in [-0.3, -0.25) is 9.89 Å². The number of aromatic amines is 1. The summed E-state index contributed by atoms with van der Waals surface area (Å²) in [7, 11) is 0. The van der Waals surface area contributed by atoms with Gasteiger partial charge in [0, 0.05) is 19.5 Å². The van der Waals surface area contributed by atoms with E-state index in [9.17, 15) is 4.79 Å². The lowest BCUT2D eigenvalue weighted by Crippen LogP contribution is -2.27. The Morgan fingerprint density at radius 1 is 1.36 bits per heavy atom. The van der Waals surface area contributed by atoms with E-state index in [2.05, 4.69) is 20.7 Å². The number of aryl methyl sites for hydroxylation is 2. The van der Waals surface area contributed by atoms with Crippen molar-refractivity contribution < 1.29 is 14.1 Å². The molecule has 0 fully saturated rings. The summed E-state index contributed by atoms with van der Waals surface area (Å²) in [6.45, 7) is 7.16. The molecule has 0 saturated carbocycles. The third kappa shape index (κ3) is 4.30. The third-order valence-electron chi connectivity index (χ3n) is 4.47. The van der Waals surface area contributed by atoms with Crippen LogP contribution in [-0.4, -0.2) is 32.4 Å². The van der Waals surface area contributed by atoms with Gasteiger partial charge in [0.15, 0.2) is 4.77 Å². The lowest BCUT2D eigenvalue weighted by atomic mass is 10.1. The summed E-state index contributed by atoms with van der Waals surface area (Å²) < 4.78 is 13.5. The number of carbonyl (C=O) groups is 1. The molecular formula is C19H23N5O3S. The van der Waals surface area contributed by atoms with Gasteiger partial charge in [0.1, 0.15) is 23.9 Å². The van der Waals surface area contributed by atoms with Crippen LogP contribution in [0.2, 0.25) is 0 Å². The van der Waals surface area contributed by atoms with Crippen molar-refractivity contribution in [2.24, 2.45) is 0 Å². The Balaban J connectivity index is 1.63. The molecule has 2 N–H and O–H groups in total. The smallest absolute Gasteiger partial charge is 0.255 e. The molecule has 0 aliphatic rings. The van der Waals surface area contributed by atoms with E-state index in [0.717, 1.165) is 23.6 Å². The predicted octanol–water partition coefficient (Wildman–Crippen LogP) is 3.12. The highest BCUT2D eigenvalue weighted by Crippen LogP contribution is 2.21. The van der Waals surface area contributed by atoms with Gasteiger partial charge in [-0.2, -0.15) is 5.10 Å². The average molecular weight is 401 g/mol. The van der Waals surface area contributed by atoms with Crippen molar-refractivity contribution in [3.05, 3.63) is 57.4 Å². The Labute approximate surface area is 167 Å². The van der Waals surface area contributed by atoms with Crippen LogP contribution in [0.3, 0.4) is 0 Å². The topological polar surface area (TPSA) is 98.0 Å². The SMILES string of the molecule is CCn1c(CCNC(=O)c2ccccc2OCc2c(C)noc2C)n[nH]c1=S. The van der Waals surface area contributed by atoms with Crippen molar-refractivity contribution in [2.45, 2.75) is 40.3 Å². The first-order chi connectivity index (χ1) is 13.5. The highest BCUT2D eigenvalue weighted by atomic mass is 32.1. The zero-order valence-corrected chi connectivity index (χ0v) is 16.9. The zero-order valence-electron chi connectivity index (χ0n) is 16.1. The largest absolute Gasteiger partial charge is 0.488 e. The van der Waals surface area contributed by atoms with Crippen molar-refractivity contribution in [3.8, 4) is 5.75 Å². The van der Waals surface area contributed by atoms with Crippen molar-refractivity contribution in [3.63, 3.8) is 0 Å². The molecule has 0 unspecified atom stereocenters. The highest BCUT2D eigenvalue weighted by Gasteiger charge is 2.15. The van der Waals surface area contributed by atoms with Crippen LogP contribution in [-0.2, 0) is 19.6 Å². The van der Waals surface area contributed by atoms with Crippen molar-refractivity contribution in [1.29, 1.82) is 0 Å². The number of para-hydroxylation sites is 1. The number of aromatic nitrogens is 4. The molecule has 9 heteroatoms. The van der Waals surface area contributed by atoms with Crippen LogP contribution >= 0.6 is 12.2 Å². The molecule has 0 saturated heterocycles. The second kappa shape index (κ2) is 8.83. The van der Waals surface area contributed by atoms with Crippen LogP contribution in [0.15, 0.2) is 28.8 Å². The minimum absolute atomic E-state index is 0.202. The molecule has 0 atom stereocenters. The molecular weight excluding hydrogens is 378 g/mol. The molecule has 3 rings (SSSR count). The Hall–Kier alpha value is -2.94. The van der Waals surface area contributed by atoms with Crippen LogP contribution in [0.25, 0.3) is 0 Å². The molecule has 2 heterocycles. The number of carbonyl (C=O) groups excluding carboxylic acids is 1. The first-order valence-corrected chi connectivity index (χ1v) is 9.48. The van der Waals surface area contributed by atoms with Crippen molar-refractivity contribution >= 4 is 18.1 Å². The summed E-state index contributed by atoms with van der Waals surface area (Å²) in [6.07, 6.45) is 0.578. The quantitative estimate of drug-likeness (QED) is 0.563. The van der Waals surface area contributed by atoms with Crippen molar-refractivity contribution in [2.75, 3.05) is 6.54 Å². The molecule has 0 radical (unpaired) electrons. The number of nitrogens with zero attached hydrogens (tertiary/aromatic N) is 3. The lowest BCUT2D eigenvalue weighted by molar-refractivity contribution is 0.0949. The number of nitrogens with one attached hydrogen (secondary N) is 2. The first kappa shape index (κ1) is 19.8. The summed E-state index contributed by atoms with van der Waals surface area (Å²) in [4.78, 5) is 12.6. The minimum Gasteiger partial charge on any atom is -0.488 e. The number of H-pyrrole nitrogens is 1. The van der Waals surface area contributed by atoms with Gasteiger partial charge in [0.2, 0.25) is 0 Å². The summed E-state index contributed by atoms with van der Waals surface area (Å²) in [5.74, 6) is 1.84. The maximum Gasteiger partial charge on any atom is 0.255 e. The number of amides is 1. The predicted molar refractivity (Wildman–Crippen MR) is 106 cm³/mol. The Morgan fingerprint density at radius 2 is 2.14 bits per heavy atom. The van der Waals surface area contributed by atoms with Gasteiger partial charge in [0.05, 0.1) is 16.8 Å². The van der Waals surface area contributed by atoms with Gasteiger partial charge in [-0.05, 0) is 45.1 Å². The second-order valence-corrected chi connectivity index (χ2v) is 6.67. The Bertz CT molecular complexity index is 1000. The molecule has 1 aromatic carbocycles. The van der Waals surface area contributed by atoms with Gasteiger partial charge in [-0.15, -0.1) is 0 Å². The summed E-state index contributed by atoms with van der Waals surface area (Å²) in [5.41, 5.74) is 2.14. The maximum atomic E-state index is 12.6. The lowest BCUT2D eigenvalue weighted by Gasteiger charge is -2.12. The number of hydrogen-bond acceptors (Lipinski definition) is 6. The van der Waals surface area contributed by atoms with Gasteiger partial charge >= 0.3 is 0 Å². The Morgan fingerprint density at radius 3 is 2.86 bits per heavy atom. The van der Waals surface area contributed by atoms with E-state index < -0.39 is 0 Å². The highest BCUT2D eigenvalue weighted by molar-refractivity contribution is 7.71. The van der Waals surface area contributed by atoms with E-state index in [1.54, 1.807) is 18.2 Å². The molecule has 0 spiro atoms. The van der Waals surface area contributed by atoms with Crippen LogP contribution in [0.4, 0.5) is 0 Å². The summed E-state index contributed by atoms with van der Waals surface area (Å²) >= 11 is 5.18. The van der Waals surface area contributed by atoms with Crippen LogP contribution < -0.4 is 10.1 Å². The number of rotatable bonds is 8. The van der Waals surface area contributed by atoms with E-state index in [1.165, 1.54) is 0 Å². The number of hydrogen-bond donors (Lipinski definition) is 2. The minimum atomic E-state index is -0.202. The normalized spacial score (nSPS) is 10.8. The maximum absolute atomic E-state index is 12.6. The molecule has 0 aliphatic carbocycles. The van der Waals surface area contributed by atoms with Crippen LogP contribution in [0.5, 0.6) is 5.75 Å². The third-order valence-corrected chi connectivity index (χ3v) is 4.78. The van der Waals surface area contributed by atoms with Crippen LogP contribution in [0.1, 0.15) is 40.1 Å². The molecule has 0 bridgehead atoms. The van der Waals surface area contributed by atoms with Gasteiger partial charge in [-0.25, -0.2) is 0 Å². The average Bonchev–Trinajstić information content (AvgIpc) is 3.21. The molecule has 28 heavy (non-hydrogen) atoms. The first-order valence-electron chi connectivity index (χ1n) is 9.07. The molecule has 2 aromatic heterocycles. The zero-order chi connectivity index (χ0) is 20.1. The van der Waals surface area contributed by atoms with E-state index in [1.807, 2.05) is 31.4 Å². The monoisotopic (exact) mass is 401 g/mol. The fourth-order valence-electron chi connectivity index (χ4n) is 2.89. The number of ether oxygens (including phenoxy) is 1. The molecule has 8 nitrogen and oxygen atoms in total. The molecule has 1 amide bonds. The summed E-state index contributed by atoms with van der Waals surface area (Å²) in [5, 5.41) is 13.8. The van der Waals surface area contributed by atoms with E-state index in [4.69, 9.17) is 21.5 Å². The fraction of sp³-hybridized carbons (Fsp3) is 0.368. The van der Waals surface area contributed by atoms with Gasteiger partial charge in [0.25, 0.3) is 5.91 Å². The number of benzene rings is 1. The molecule has 3 aromatic rings. The Kier molecular flexibility index (Phi) is 6.25. The standard InChI is InChI=1S/C19H23N5O3S/c1-4-24-17(21-22-19(24)28)9-10-20-18(25)14-7-5-6-8-16(14)26-11-15-12(2)23-27-13(15)3/h5-8H,4,9-11H2,1-3H3,(H,20,25)(H,22,28). The molecule has 148 valence electrons. The van der Waals surface area contributed by atoms with Gasteiger partial charge in [-0.1, -0.05) is 17.3 Å². The van der Waals surface area contributed by atoms with E-state index >= 15 is 0 Å². The van der Waals surface area contributed by atoms with Crippen molar-refractivity contribution in [1.82, 2.24) is 25.2 Å². The fourth-order valence-corrected chi connectivity index (χ4v) is 3.17. The second-order valence-electron chi connectivity index (χ2n) is 6.28. The molecule has 0 aliphatic heterocycles. The van der Waals surface area contributed by atoms with Gasteiger partial charge < -0.3 is 19.1 Å². The van der Waals surface area contributed by atoms with E-state index in [-0.39, 0.29) is 12.5 Å². The summed E-state index contributed by atoms with van der Waals surface area (Å²) in [6, 6.07) is 7.15.